The quantitative estimate of drug-likeness (QED) is 0.830. The number of halogens is 3. The van der Waals surface area contributed by atoms with E-state index in [2.05, 4.69) is 21.2 Å². The van der Waals surface area contributed by atoms with Crippen LogP contribution in [0.5, 0.6) is 0 Å². The first-order valence-corrected chi connectivity index (χ1v) is 7.22. The molecule has 2 aromatic rings. The summed E-state index contributed by atoms with van der Waals surface area (Å²) in [5.41, 5.74) is 1.80. The molecule has 1 atom stereocenters. The van der Waals surface area contributed by atoms with Gasteiger partial charge in [-0.25, -0.2) is 4.39 Å². The van der Waals surface area contributed by atoms with Crippen molar-refractivity contribution in [3.05, 3.63) is 68.9 Å². The van der Waals surface area contributed by atoms with Crippen LogP contribution in [0.25, 0.3) is 0 Å². The van der Waals surface area contributed by atoms with Crippen LogP contribution in [-0.4, -0.2) is 6.54 Å². The molecular formula is C15H14BrClFN. The van der Waals surface area contributed by atoms with Crippen molar-refractivity contribution in [3.8, 4) is 0 Å². The molecule has 0 spiro atoms. The summed E-state index contributed by atoms with van der Waals surface area (Å²) < 4.78 is 14.4. The molecule has 0 radical (unpaired) electrons. The number of hydrogen-bond donors (Lipinski definition) is 1. The molecule has 100 valence electrons. The van der Waals surface area contributed by atoms with Crippen LogP contribution >= 0.6 is 27.5 Å². The number of hydrogen-bond acceptors (Lipinski definition) is 1. The van der Waals surface area contributed by atoms with E-state index in [9.17, 15) is 4.39 Å². The summed E-state index contributed by atoms with van der Waals surface area (Å²) >= 11 is 9.65. The summed E-state index contributed by atoms with van der Waals surface area (Å²) in [6.07, 6.45) is 0. The van der Waals surface area contributed by atoms with Gasteiger partial charge in [-0.3, -0.25) is 0 Å². The largest absolute Gasteiger partial charge is 0.306 e. The molecule has 0 fully saturated rings. The standard InChI is InChI=1S/C15H14BrClFN/c1-2-19-15(10-4-3-5-11(16)8-10)13-9-12(18)6-7-14(13)17/h3-9,15,19H,2H2,1H3. The molecule has 19 heavy (non-hydrogen) atoms. The summed E-state index contributed by atoms with van der Waals surface area (Å²) in [5.74, 6) is -0.280. The van der Waals surface area contributed by atoms with Gasteiger partial charge in [0.2, 0.25) is 0 Å². The smallest absolute Gasteiger partial charge is 0.123 e. The molecule has 0 aromatic heterocycles. The fourth-order valence-corrected chi connectivity index (χ4v) is 2.68. The lowest BCUT2D eigenvalue weighted by molar-refractivity contribution is 0.603. The summed E-state index contributed by atoms with van der Waals surface area (Å²) in [4.78, 5) is 0. The van der Waals surface area contributed by atoms with Crippen LogP contribution in [0.3, 0.4) is 0 Å². The molecule has 1 N–H and O–H groups in total. The van der Waals surface area contributed by atoms with Crippen LogP contribution in [0.1, 0.15) is 24.1 Å². The van der Waals surface area contributed by atoms with Gasteiger partial charge < -0.3 is 5.32 Å². The third kappa shape index (κ3) is 3.56. The molecule has 2 rings (SSSR count). The van der Waals surface area contributed by atoms with E-state index in [0.717, 1.165) is 22.1 Å². The van der Waals surface area contributed by atoms with E-state index in [-0.39, 0.29) is 11.9 Å². The maximum absolute atomic E-state index is 13.4. The van der Waals surface area contributed by atoms with Gasteiger partial charge in [0.05, 0.1) is 6.04 Å². The third-order valence-corrected chi connectivity index (χ3v) is 3.70. The van der Waals surface area contributed by atoms with Crippen molar-refractivity contribution in [2.24, 2.45) is 0 Å². The van der Waals surface area contributed by atoms with E-state index in [0.29, 0.717) is 5.02 Å². The molecule has 0 amide bonds. The highest BCUT2D eigenvalue weighted by Gasteiger charge is 2.17. The first-order valence-electron chi connectivity index (χ1n) is 6.05. The van der Waals surface area contributed by atoms with Crippen LogP contribution in [0.2, 0.25) is 5.02 Å². The first kappa shape index (κ1) is 14.5. The zero-order valence-electron chi connectivity index (χ0n) is 10.5. The van der Waals surface area contributed by atoms with Gasteiger partial charge in [-0.2, -0.15) is 0 Å². The van der Waals surface area contributed by atoms with Crippen LogP contribution in [0.4, 0.5) is 4.39 Å². The van der Waals surface area contributed by atoms with Crippen molar-refractivity contribution < 1.29 is 4.39 Å². The first-order chi connectivity index (χ1) is 9.11. The summed E-state index contributed by atoms with van der Waals surface area (Å²) in [5, 5.41) is 3.90. The van der Waals surface area contributed by atoms with E-state index in [4.69, 9.17) is 11.6 Å². The minimum absolute atomic E-state index is 0.120. The summed E-state index contributed by atoms with van der Waals surface area (Å²) in [6, 6.07) is 12.2. The molecule has 0 aliphatic carbocycles. The Labute approximate surface area is 125 Å². The van der Waals surface area contributed by atoms with E-state index in [1.54, 1.807) is 6.07 Å². The van der Waals surface area contributed by atoms with E-state index >= 15 is 0 Å². The Morgan fingerprint density at radius 1 is 1.26 bits per heavy atom. The molecule has 1 nitrogen and oxygen atoms in total. The van der Waals surface area contributed by atoms with Gasteiger partial charge in [-0.1, -0.05) is 46.6 Å². The van der Waals surface area contributed by atoms with E-state index in [1.807, 2.05) is 31.2 Å². The molecule has 1 unspecified atom stereocenters. The normalized spacial score (nSPS) is 12.4. The van der Waals surface area contributed by atoms with Gasteiger partial charge in [0.15, 0.2) is 0 Å². The van der Waals surface area contributed by atoms with Crippen molar-refractivity contribution in [1.82, 2.24) is 5.32 Å². The van der Waals surface area contributed by atoms with Gasteiger partial charge in [-0.05, 0) is 48.0 Å². The van der Waals surface area contributed by atoms with E-state index in [1.165, 1.54) is 12.1 Å². The Bertz CT molecular complexity index is 574. The fourth-order valence-electron chi connectivity index (χ4n) is 2.03. The number of benzene rings is 2. The highest BCUT2D eigenvalue weighted by molar-refractivity contribution is 9.10. The SMILES string of the molecule is CCNC(c1cccc(Br)c1)c1cc(F)ccc1Cl. The molecule has 0 saturated carbocycles. The molecule has 0 aliphatic heterocycles. The molecule has 4 heteroatoms. The van der Waals surface area contributed by atoms with Crippen molar-refractivity contribution in [1.29, 1.82) is 0 Å². The Balaban J connectivity index is 2.48. The summed E-state index contributed by atoms with van der Waals surface area (Å²) in [7, 11) is 0. The van der Waals surface area contributed by atoms with Crippen molar-refractivity contribution in [3.63, 3.8) is 0 Å². The Kier molecular flexibility index (Phi) is 4.97. The molecule has 0 saturated heterocycles. The lowest BCUT2D eigenvalue weighted by Gasteiger charge is -2.20. The minimum atomic E-state index is -0.280. The van der Waals surface area contributed by atoms with Crippen LogP contribution in [0.15, 0.2) is 46.9 Å². The number of nitrogens with one attached hydrogen (secondary N) is 1. The fraction of sp³-hybridized carbons (Fsp3) is 0.200. The van der Waals surface area contributed by atoms with Gasteiger partial charge in [0.25, 0.3) is 0 Å². The Morgan fingerprint density at radius 2 is 2.05 bits per heavy atom. The monoisotopic (exact) mass is 341 g/mol. The molecule has 0 bridgehead atoms. The molecule has 2 aromatic carbocycles. The lowest BCUT2D eigenvalue weighted by atomic mass is 9.98. The minimum Gasteiger partial charge on any atom is -0.306 e. The highest BCUT2D eigenvalue weighted by Crippen LogP contribution is 2.30. The Morgan fingerprint density at radius 3 is 2.74 bits per heavy atom. The number of rotatable bonds is 4. The third-order valence-electron chi connectivity index (χ3n) is 2.86. The molecule has 0 heterocycles. The predicted molar refractivity (Wildman–Crippen MR) is 81.1 cm³/mol. The van der Waals surface area contributed by atoms with Crippen molar-refractivity contribution >= 4 is 27.5 Å². The van der Waals surface area contributed by atoms with Crippen LogP contribution < -0.4 is 5.32 Å². The average Bonchev–Trinajstić information content (AvgIpc) is 2.39. The van der Waals surface area contributed by atoms with E-state index < -0.39 is 0 Å². The maximum atomic E-state index is 13.4. The summed E-state index contributed by atoms with van der Waals surface area (Å²) in [6.45, 7) is 2.78. The second-order valence-electron chi connectivity index (χ2n) is 4.21. The average molecular weight is 343 g/mol. The topological polar surface area (TPSA) is 12.0 Å². The highest BCUT2D eigenvalue weighted by atomic mass is 79.9. The van der Waals surface area contributed by atoms with Gasteiger partial charge in [0, 0.05) is 9.50 Å². The zero-order valence-corrected chi connectivity index (χ0v) is 12.8. The second kappa shape index (κ2) is 6.51. The second-order valence-corrected chi connectivity index (χ2v) is 5.53. The molecule has 0 aliphatic rings. The van der Waals surface area contributed by atoms with Gasteiger partial charge in [0.1, 0.15) is 5.82 Å². The maximum Gasteiger partial charge on any atom is 0.123 e. The Hall–Kier alpha value is -0.900. The van der Waals surface area contributed by atoms with Crippen LogP contribution in [0, 0.1) is 5.82 Å². The van der Waals surface area contributed by atoms with Gasteiger partial charge >= 0.3 is 0 Å². The van der Waals surface area contributed by atoms with Crippen molar-refractivity contribution in [2.75, 3.05) is 6.54 Å². The van der Waals surface area contributed by atoms with Gasteiger partial charge in [-0.15, -0.1) is 0 Å². The van der Waals surface area contributed by atoms with Crippen LogP contribution in [-0.2, 0) is 0 Å². The predicted octanol–water partition coefficient (Wildman–Crippen LogP) is 4.94. The molecular weight excluding hydrogens is 329 g/mol. The zero-order chi connectivity index (χ0) is 13.8. The van der Waals surface area contributed by atoms with Crippen molar-refractivity contribution in [2.45, 2.75) is 13.0 Å². The lowest BCUT2D eigenvalue weighted by Crippen LogP contribution is -2.22.